The first-order valence-corrected chi connectivity index (χ1v) is 8.15. The Kier molecular flexibility index (Phi) is 6.42. The van der Waals surface area contributed by atoms with Crippen LogP contribution in [-0.4, -0.2) is 25.8 Å². The van der Waals surface area contributed by atoms with Crippen molar-refractivity contribution in [1.29, 1.82) is 0 Å². The van der Waals surface area contributed by atoms with Crippen LogP contribution in [0.15, 0.2) is 35.4 Å². The van der Waals surface area contributed by atoms with Gasteiger partial charge >= 0.3 is 0 Å². The van der Waals surface area contributed by atoms with Gasteiger partial charge in [0.1, 0.15) is 11.5 Å². The molecule has 0 atom stereocenters. The van der Waals surface area contributed by atoms with Crippen LogP contribution in [0.2, 0.25) is 5.02 Å². The van der Waals surface area contributed by atoms with E-state index in [1.165, 1.54) is 0 Å². The van der Waals surface area contributed by atoms with Gasteiger partial charge in [0.15, 0.2) is 6.61 Å². The third-order valence-corrected chi connectivity index (χ3v) is 4.32. The van der Waals surface area contributed by atoms with E-state index >= 15 is 0 Å². The molecule has 0 saturated carbocycles. The van der Waals surface area contributed by atoms with E-state index < -0.39 is 0 Å². The van der Waals surface area contributed by atoms with Crippen molar-refractivity contribution in [2.45, 2.75) is 20.8 Å². The predicted octanol–water partition coefficient (Wildman–Crippen LogP) is 3.80. The maximum absolute atomic E-state index is 11.8. The van der Waals surface area contributed by atoms with Crippen molar-refractivity contribution in [1.82, 2.24) is 5.43 Å². The van der Waals surface area contributed by atoms with Crippen molar-refractivity contribution in [3.05, 3.63) is 57.6 Å². The highest BCUT2D eigenvalue weighted by molar-refractivity contribution is 6.31. The Morgan fingerprint density at radius 2 is 1.96 bits per heavy atom. The Hall–Kier alpha value is -2.53. The molecule has 1 amide bonds. The zero-order valence-corrected chi connectivity index (χ0v) is 15.5. The molecule has 0 saturated heterocycles. The van der Waals surface area contributed by atoms with Crippen LogP contribution in [0.4, 0.5) is 0 Å². The molecule has 0 radical (unpaired) electrons. The number of methoxy groups -OCH3 is 1. The third-order valence-electron chi connectivity index (χ3n) is 3.89. The summed E-state index contributed by atoms with van der Waals surface area (Å²) in [4.78, 5) is 11.8. The summed E-state index contributed by atoms with van der Waals surface area (Å²) in [6, 6.07) is 9.00. The fraction of sp³-hybridized carbons (Fsp3) is 0.263. The smallest absolute Gasteiger partial charge is 0.277 e. The van der Waals surface area contributed by atoms with Crippen LogP contribution >= 0.6 is 11.6 Å². The predicted molar refractivity (Wildman–Crippen MR) is 99.9 cm³/mol. The minimum absolute atomic E-state index is 0.126. The number of nitrogens with one attached hydrogen (secondary N) is 1. The highest BCUT2D eigenvalue weighted by Crippen LogP contribution is 2.23. The second kappa shape index (κ2) is 8.53. The molecule has 0 aliphatic rings. The number of ether oxygens (including phenoxy) is 2. The number of benzene rings is 2. The van der Waals surface area contributed by atoms with Gasteiger partial charge in [0.25, 0.3) is 5.91 Å². The van der Waals surface area contributed by atoms with Crippen LogP contribution in [0.25, 0.3) is 0 Å². The molecular weight excluding hydrogens is 340 g/mol. The molecule has 0 fully saturated rings. The molecule has 6 heteroatoms. The summed E-state index contributed by atoms with van der Waals surface area (Å²) in [7, 11) is 1.64. The lowest BCUT2D eigenvalue weighted by Crippen LogP contribution is -2.24. The number of rotatable bonds is 6. The van der Waals surface area contributed by atoms with Crippen molar-refractivity contribution in [3.8, 4) is 11.5 Å². The maximum atomic E-state index is 11.8. The van der Waals surface area contributed by atoms with Gasteiger partial charge in [-0.05, 0) is 73.4 Å². The van der Waals surface area contributed by atoms with E-state index in [2.05, 4.69) is 10.5 Å². The standard InChI is InChI=1S/C19H21ClN2O3/c1-12-9-16(6-7-17(12)20)25-11-19(23)22-21-10-15-5-8-18(24-4)14(3)13(15)2/h5-10H,11H2,1-4H3,(H,22,23). The molecule has 0 aromatic heterocycles. The minimum Gasteiger partial charge on any atom is -0.496 e. The molecule has 25 heavy (non-hydrogen) atoms. The summed E-state index contributed by atoms with van der Waals surface area (Å²) < 4.78 is 10.7. The second-order valence-electron chi connectivity index (χ2n) is 5.60. The lowest BCUT2D eigenvalue weighted by Gasteiger charge is -2.09. The Bertz CT molecular complexity index is 803. The maximum Gasteiger partial charge on any atom is 0.277 e. The summed E-state index contributed by atoms with van der Waals surface area (Å²) >= 11 is 5.95. The number of aryl methyl sites for hydroxylation is 1. The van der Waals surface area contributed by atoms with Crippen LogP contribution in [0, 0.1) is 20.8 Å². The van der Waals surface area contributed by atoms with E-state index in [0.717, 1.165) is 28.0 Å². The summed E-state index contributed by atoms with van der Waals surface area (Å²) in [6.45, 7) is 5.71. The van der Waals surface area contributed by atoms with Gasteiger partial charge in [-0.3, -0.25) is 4.79 Å². The zero-order chi connectivity index (χ0) is 18.4. The van der Waals surface area contributed by atoms with E-state index in [-0.39, 0.29) is 12.5 Å². The number of amides is 1. The first kappa shape index (κ1) is 18.8. The van der Waals surface area contributed by atoms with Crippen LogP contribution in [0.1, 0.15) is 22.3 Å². The van der Waals surface area contributed by atoms with Gasteiger partial charge in [0.05, 0.1) is 13.3 Å². The van der Waals surface area contributed by atoms with E-state index in [9.17, 15) is 4.79 Å². The van der Waals surface area contributed by atoms with E-state index in [1.807, 2.05) is 32.9 Å². The van der Waals surface area contributed by atoms with Crippen LogP contribution < -0.4 is 14.9 Å². The number of nitrogens with zero attached hydrogens (tertiary/aromatic N) is 1. The normalized spacial score (nSPS) is 10.8. The second-order valence-corrected chi connectivity index (χ2v) is 6.01. The summed E-state index contributed by atoms with van der Waals surface area (Å²) in [5, 5.41) is 4.64. The first-order chi connectivity index (χ1) is 11.9. The van der Waals surface area contributed by atoms with Gasteiger partial charge in [0.2, 0.25) is 0 Å². The average Bonchev–Trinajstić information content (AvgIpc) is 2.60. The number of hydrogen-bond donors (Lipinski definition) is 1. The van der Waals surface area contributed by atoms with Gasteiger partial charge in [-0.15, -0.1) is 0 Å². The summed E-state index contributed by atoms with van der Waals surface area (Å²) in [5.41, 5.74) is 6.34. The van der Waals surface area contributed by atoms with Crippen LogP contribution in [0.5, 0.6) is 11.5 Å². The Morgan fingerprint density at radius 3 is 2.64 bits per heavy atom. The molecule has 2 aromatic carbocycles. The number of carbonyl (C=O) groups excluding carboxylic acids is 1. The van der Waals surface area contributed by atoms with Gasteiger partial charge in [-0.2, -0.15) is 5.10 Å². The summed E-state index contributed by atoms with van der Waals surface area (Å²) in [6.07, 6.45) is 1.60. The van der Waals surface area contributed by atoms with Crippen molar-refractivity contribution in [2.75, 3.05) is 13.7 Å². The molecule has 1 N–H and O–H groups in total. The fourth-order valence-corrected chi connectivity index (χ4v) is 2.36. The number of halogens is 1. The van der Waals surface area contributed by atoms with E-state index in [1.54, 1.807) is 31.5 Å². The number of carbonyl (C=O) groups is 1. The number of hydrazone groups is 1. The van der Waals surface area contributed by atoms with E-state index in [0.29, 0.717) is 10.8 Å². The molecule has 0 heterocycles. The first-order valence-electron chi connectivity index (χ1n) is 7.77. The van der Waals surface area contributed by atoms with Crippen LogP contribution in [0.3, 0.4) is 0 Å². The molecule has 0 unspecified atom stereocenters. The van der Waals surface area contributed by atoms with Crippen molar-refractivity contribution >= 4 is 23.7 Å². The molecule has 0 aliphatic carbocycles. The lowest BCUT2D eigenvalue weighted by molar-refractivity contribution is -0.123. The molecule has 132 valence electrons. The molecule has 5 nitrogen and oxygen atoms in total. The lowest BCUT2D eigenvalue weighted by atomic mass is 10.0. The monoisotopic (exact) mass is 360 g/mol. The van der Waals surface area contributed by atoms with Crippen molar-refractivity contribution < 1.29 is 14.3 Å². The molecule has 0 spiro atoms. The largest absolute Gasteiger partial charge is 0.496 e. The summed E-state index contributed by atoms with van der Waals surface area (Å²) in [5.74, 6) is 1.07. The van der Waals surface area contributed by atoms with Gasteiger partial charge in [-0.1, -0.05) is 11.6 Å². The zero-order valence-electron chi connectivity index (χ0n) is 14.7. The Morgan fingerprint density at radius 1 is 1.20 bits per heavy atom. The van der Waals surface area contributed by atoms with Gasteiger partial charge in [0, 0.05) is 5.02 Å². The van der Waals surface area contributed by atoms with Crippen molar-refractivity contribution in [2.24, 2.45) is 5.10 Å². The quantitative estimate of drug-likeness (QED) is 0.629. The Labute approximate surface area is 152 Å². The van der Waals surface area contributed by atoms with Crippen LogP contribution in [-0.2, 0) is 4.79 Å². The minimum atomic E-state index is -0.341. The molecular formula is C19H21ClN2O3. The average molecular weight is 361 g/mol. The fourth-order valence-electron chi connectivity index (χ4n) is 2.24. The third kappa shape index (κ3) is 4.97. The molecule has 2 aromatic rings. The highest BCUT2D eigenvalue weighted by atomic mass is 35.5. The van der Waals surface area contributed by atoms with Gasteiger partial charge in [-0.25, -0.2) is 5.43 Å². The number of hydrogen-bond acceptors (Lipinski definition) is 4. The molecule has 0 aliphatic heterocycles. The topological polar surface area (TPSA) is 59.9 Å². The van der Waals surface area contributed by atoms with E-state index in [4.69, 9.17) is 21.1 Å². The van der Waals surface area contributed by atoms with Gasteiger partial charge < -0.3 is 9.47 Å². The molecule has 0 bridgehead atoms. The van der Waals surface area contributed by atoms with Crippen molar-refractivity contribution in [3.63, 3.8) is 0 Å². The highest BCUT2D eigenvalue weighted by Gasteiger charge is 2.06. The molecule has 2 rings (SSSR count). The SMILES string of the molecule is COc1ccc(C=NNC(=O)COc2ccc(Cl)c(C)c2)c(C)c1C. The Balaban J connectivity index is 1.90.